The molecule has 0 saturated heterocycles. The van der Waals surface area contributed by atoms with E-state index in [2.05, 4.69) is 6.58 Å². The molecule has 2 atom stereocenters. The van der Waals surface area contributed by atoms with Crippen LogP contribution in [0.15, 0.2) is 36.6 Å². The second-order valence-electron chi connectivity index (χ2n) is 5.03. The van der Waals surface area contributed by atoms with Gasteiger partial charge in [-0.3, -0.25) is 0 Å². The number of hydrogen-bond acceptors (Lipinski definition) is 1. The molecule has 1 rings (SSSR count). The first-order valence-corrected chi connectivity index (χ1v) is 7.32. The lowest BCUT2D eigenvalue weighted by Gasteiger charge is -2.30. The number of halogens is 3. The molecule has 0 bridgehead atoms. The van der Waals surface area contributed by atoms with E-state index in [1.165, 1.54) is 0 Å². The highest BCUT2D eigenvalue weighted by Gasteiger charge is 2.45. The van der Waals surface area contributed by atoms with Crippen LogP contribution in [0.25, 0.3) is 0 Å². The first-order chi connectivity index (χ1) is 9.85. The summed E-state index contributed by atoms with van der Waals surface area (Å²) in [4.78, 5) is 0. The fourth-order valence-electron chi connectivity index (χ4n) is 2.53. The molecule has 1 nitrogen and oxygen atoms in total. The van der Waals surface area contributed by atoms with Gasteiger partial charge in [-0.25, -0.2) is 0 Å². The highest BCUT2D eigenvalue weighted by atomic mass is 19.4. The Bertz CT molecular complexity index is 448. The number of hydrogen-bond donors (Lipinski definition) is 0. The van der Waals surface area contributed by atoms with Crippen LogP contribution >= 0.6 is 0 Å². The third kappa shape index (κ3) is 4.51. The molecular formula is C17H23F3O. The zero-order valence-electron chi connectivity index (χ0n) is 12.8. The molecule has 118 valence electrons. The third-order valence-corrected chi connectivity index (χ3v) is 3.69. The zero-order chi connectivity index (χ0) is 16.0. The van der Waals surface area contributed by atoms with E-state index < -0.39 is 18.0 Å². The van der Waals surface area contributed by atoms with E-state index >= 15 is 0 Å². The lowest BCUT2D eigenvalue weighted by atomic mass is 9.82. The summed E-state index contributed by atoms with van der Waals surface area (Å²) >= 11 is 0. The Morgan fingerprint density at radius 2 is 1.71 bits per heavy atom. The fourth-order valence-corrected chi connectivity index (χ4v) is 2.53. The number of ether oxygens (including phenoxy) is 1. The molecule has 0 aliphatic rings. The van der Waals surface area contributed by atoms with E-state index in [-0.39, 0.29) is 12.2 Å². The van der Waals surface area contributed by atoms with Crippen LogP contribution in [0, 0.1) is 5.92 Å². The second kappa shape index (κ2) is 7.53. The predicted octanol–water partition coefficient (Wildman–Crippen LogP) is 5.47. The van der Waals surface area contributed by atoms with Crippen molar-refractivity contribution in [1.82, 2.24) is 0 Å². The molecule has 2 unspecified atom stereocenters. The van der Waals surface area contributed by atoms with Gasteiger partial charge < -0.3 is 4.74 Å². The molecule has 0 spiro atoms. The van der Waals surface area contributed by atoms with Gasteiger partial charge in [-0.1, -0.05) is 44.7 Å². The summed E-state index contributed by atoms with van der Waals surface area (Å²) in [6.45, 7) is 9.34. The predicted molar refractivity (Wildman–Crippen MR) is 79.2 cm³/mol. The molecule has 21 heavy (non-hydrogen) atoms. The van der Waals surface area contributed by atoms with Crippen molar-refractivity contribution >= 4 is 0 Å². The molecule has 0 aliphatic carbocycles. The minimum absolute atomic E-state index is 0.00418. The summed E-state index contributed by atoms with van der Waals surface area (Å²) in [6, 6.07) is 7.24. The van der Waals surface area contributed by atoms with Crippen molar-refractivity contribution in [1.29, 1.82) is 0 Å². The summed E-state index contributed by atoms with van der Waals surface area (Å²) < 4.78 is 45.2. The van der Waals surface area contributed by atoms with Crippen LogP contribution in [0.1, 0.15) is 44.2 Å². The Labute approximate surface area is 124 Å². The quantitative estimate of drug-likeness (QED) is 0.607. The minimum Gasteiger partial charge on any atom is -0.498 e. The van der Waals surface area contributed by atoms with Gasteiger partial charge in [-0.05, 0) is 30.9 Å². The smallest absolute Gasteiger partial charge is 0.392 e. The summed E-state index contributed by atoms with van der Waals surface area (Å²) in [7, 11) is 0. The average Bonchev–Trinajstić information content (AvgIpc) is 2.43. The number of rotatable bonds is 7. The number of allylic oxidation sites excluding steroid dienone is 1. The van der Waals surface area contributed by atoms with Crippen molar-refractivity contribution in [2.75, 3.05) is 6.61 Å². The van der Waals surface area contributed by atoms with Crippen LogP contribution in [0.4, 0.5) is 13.2 Å². The van der Waals surface area contributed by atoms with Gasteiger partial charge in [0.15, 0.2) is 0 Å². The average molecular weight is 300 g/mol. The maximum Gasteiger partial charge on any atom is 0.392 e. The van der Waals surface area contributed by atoms with E-state index in [1.807, 2.05) is 19.1 Å². The Balaban J connectivity index is 3.20. The molecule has 0 aromatic heterocycles. The number of benzene rings is 1. The maximum absolute atomic E-state index is 13.3. The second-order valence-corrected chi connectivity index (χ2v) is 5.03. The topological polar surface area (TPSA) is 9.23 Å². The summed E-state index contributed by atoms with van der Waals surface area (Å²) in [6.07, 6.45) is -3.42. The first kappa shape index (κ1) is 17.6. The van der Waals surface area contributed by atoms with Crippen LogP contribution in [0.3, 0.4) is 0 Å². The van der Waals surface area contributed by atoms with Crippen LogP contribution in [0.5, 0.6) is 0 Å². The lowest BCUT2D eigenvalue weighted by Crippen LogP contribution is -2.30. The van der Waals surface area contributed by atoms with E-state index in [0.29, 0.717) is 12.2 Å². The molecule has 4 heteroatoms. The van der Waals surface area contributed by atoms with Crippen LogP contribution in [-0.2, 0) is 11.2 Å². The summed E-state index contributed by atoms with van der Waals surface area (Å²) in [5, 5.41) is 0. The molecule has 0 N–H and O–H groups in total. The van der Waals surface area contributed by atoms with Crippen LogP contribution in [-0.4, -0.2) is 12.8 Å². The van der Waals surface area contributed by atoms with Crippen molar-refractivity contribution in [3.8, 4) is 0 Å². The molecule has 1 aromatic carbocycles. The lowest BCUT2D eigenvalue weighted by molar-refractivity contribution is -0.181. The van der Waals surface area contributed by atoms with Gasteiger partial charge in [0.1, 0.15) is 0 Å². The normalized spacial score (nSPS) is 14.6. The van der Waals surface area contributed by atoms with E-state index in [0.717, 1.165) is 12.0 Å². The van der Waals surface area contributed by atoms with E-state index in [4.69, 9.17) is 4.74 Å². The Hall–Kier alpha value is -1.45. The van der Waals surface area contributed by atoms with Gasteiger partial charge in [0.2, 0.25) is 0 Å². The Morgan fingerprint density at radius 3 is 2.10 bits per heavy atom. The molecule has 0 radical (unpaired) electrons. The molecule has 1 aromatic rings. The minimum atomic E-state index is -4.27. The molecule has 0 amide bonds. The van der Waals surface area contributed by atoms with Gasteiger partial charge >= 0.3 is 6.18 Å². The molecule has 0 saturated carbocycles. The fraction of sp³-hybridized carbons (Fsp3) is 0.529. The number of aryl methyl sites for hydroxylation is 1. The van der Waals surface area contributed by atoms with Crippen molar-refractivity contribution in [3.63, 3.8) is 0 Å². The Morgan fingerprint density at radius 1 is 1.14 bits per heavy atom. The zero-order valence-corrected chi connectivity index (χ0v) is 12.8. The molecular weight excluding hydrogens is 277 g/mol. The van der Waals surface area contributed by atoms with Gasteiger partial charge in [0, 0.05) is 0 Å². The van der Waals surface area contributed by atoms with Crippen molar-refractivity contribution in [2.45, 2.75) is 45.7 Å². The summed E-state index contributed by atoms with van der Waals surface area (Å²) in [5.41, 5.74) is 1.70. The van der Waals surface area contributed by atoms with Crippen molar-refractivity contribution in [2.24, 2.45) is 5.92 Å². The highest BCUT2D eigenvalue weighted by molar-refractivity contribution is 5.30. The SMILES string of the molecule is C=C(OCC)C(c1ccc(CC)cc1)C(CC)C(F)(F)F. The van der Waals surface area contributed by atoms with Crippen LogP contribution in [0.2, 0.25) is 0 Å². The Kier molecular flexibility index (Phi) is 6.31. The van der Waals surface area contributed by atoms with E-state index in [1.54, 1.807) is 26.0 Å². The van der Waals surface area contributed by atoms with Crippen LogP contribution < -0.4 is 0 Å². The largest absolute Gasteiger partial charge is 0.498 e. The standard InChI is InChI=1S/C17H23F3O/c1-5-13-8-10-14(11-9-13)16(12(4)21-7-3)15(6-2)17(18,19)20/h8-11,15-16H,4-7H2,1-3H3. The summed E-state index contributed by atoms with van der Waals surface area (Å²) in [5.74, 6) is -2.16. The van der Waals surface area contributed by atoms with Gasteiger partial charge in [-0.15, -0.1) is 0 Å². The van der Waals surface area contributed by atoms with Crippen molar-refractivity contribution in [3.05, 3.63) is 47.7 Å². The van der Waals surface area contributed by atoms with Gasteiger partial charge in [0.25, 0.3) is 0 Å². The van der Waals surface area contributed by atoms with Gasteiger partial charge in [-0.2, -0.15) is 13.2 Å². The molecule has 0 fully saturated rings. The van der Waals surface area contributed by atoms with Gasteiger partial charge in [0.05, 0.1) is 24.2 Å². The molecule has 0 aliphatic heterocycles. The highest BCUT2D eigenvalue weighted by Crippen LogP contribution is 2.43. The maximum atomic E-state index is 13.3. The van der Waals surface area contributed by atoms with E-state index in [9.17, 15) is 13.2 Å². The monoisotopic (exact) mass is 300 g/mol. The third-order valence-electron chi connectivity index (χ3n) is 3.69. The first-order valence-electron chi connectivity index (χ1n) is 7.32. The molecule has 0 heterocycles. The number of alkyl halides is 3. The van der Waals surface area contributed by atoms with Crippen molar-refractivity contribution < 1.29 is 17.9 Å².